The molecule has 1 aromatic heterocycles. The van der Waals surface area contributed by atoms with Gasteiger partial charge in [0.2, 0.25) is 12.0 Å². The monoisotopic (exact) mass is 928 g/mol. The van der Waals surface area contributed by atoms with Crippen molar-refractivity contribution in [3.8, 4) is 5.75 Å². The predicted octanol–water partition coefficient (Wildman–Crippen LogP) is 2.86. The van der Waals surface area contributed by atoms with Crippen molar-refractivity contribution >= 4 is 51.3 Å². The number of carbonyl (C=O) groups excluding carboxylic acids is 4. The predicted molar refractivity (Wildman–Crippen MR) is 235 cm³/mol. The summed E-state index contributed by atoms with van der Waals surface area (Å²) in [6, 6.07) is 8.43. The first kappa shape index (κ1) is 39.3. The molecule has 1 saturated carbocycles. The van der Waals surface area contributed by atoms with Gasteiger partial charge in [-0.15, -0.1) is 0 Å². The average Bonchev–Trinajstić information content (AvgIpc) is 3.97. The molecule has 1 amide bonds. The van der Waals surface area contributed by atoms with Crippen molar-refractivity contribution in [3.05, 3.63) is 70.9 Å². The van der Waals surface area contributed by atoms with Gasteiger partial charge >= 0.3 is 28.3 Å². The first-order chi connectivity index (χ1) is 33.1. The lowest BCUT2D eigenvalue weighted by atomic mass is 9.47. The van der Waals surface area contributed by atoms with E-state index < -0.39 is 93.7 Å². The standard InChI is InChI=1S/C46H56N4O10.H2O4S/c1-7-42(55)22-28-23-45(40(53)58-5,36-30(14-18-48(24-28)25-42)29-12-9-10-13-33(29)47-36)32-20-31-34(21-35(32)57-4)50(26-51)38-44(31)16-19-49-17-11-15-43(8-2,37(44)49)39(60-27(3)52)46(38,56)41(54)59-6;1-5(2,3)4/h9-13,15,20-21,26,28,37-39,47,55-56H,7-8,14,16-19,22-25H2,1-6H3;(H2,1,2,3,4)/t28-,37-,38+,39+,42-,43+,44+,45-,46-;/m0./s1/i3D3,5D3;. The van der Waals surface area contributed by atoms with Crippen molar-refractivity contribution in [2.24, 2.45) is 11.3 Å². The zero-order valence-electron chi connectivity index (χ0n) is 42.4. The van der Waals surface area contributed by atoms with Gasteiger partial charge in [-0.1, -0.05) is 44.2 Å². The molecule has 19 heteroatoms. The molecule has 6 heterocycles. The van der Waals surface area contributed by atoms with E-state index >= 15 is 4.79 Å². The van der Waals surface area contributed by atoms with Gasteiger partial charge in [0.25, 0.3) is 0 Å². The first-order valence-electron chi connectivity index (χ1n) is 24.5. The second kappa shape index (κ2) is 16.5. The number of anilines is 1. The zero-order chi connectivity index (χ0) is 52.1. The summed E-state index contributed by atoms with van der Waals surface area (Å²) in [6.07, 6.45) is 3.51. The number of amides is 1. The summed E-state index contributed by atoms with van der Waals surface area (Å²) >= 11 is 0. The SMILES string of the molecule is O=S(=O)(O)O.[2H]C([2H])([2H])OC(=O)[C@]1(c2cc3c(cc2OC)N(C=O)[C@H]2[C@@](O)(C(=O)OC)[C@H](OC(=O)C([2H])([2H])[2H])[C@]4(CC)C=CCN5CC[C@]32[C@@H]54)C[C@H]2CN(CCc3c1[nH]c1ccccc31)C[C@](O)(CC)C2. The third-order valence-electron chi connectivity index (χ3n) is 15.3. The summed E-state index contributed by atoms with van der Waals surface area (Å²) in [6.45, 7) is 2.50. The molecule has 2 saturated heterocycles. The number of benzene rings is 2. The lowest BCUT2D eigenvalue weighted by Gasteiger charge is -2.63. The minimum Gasteiger partial charge on any atom is -0.496 e. The van der Waals surface area contributed by atoms with E-state index in [9.17, 15) is 24.6 Å². The molecule has 0 radical (unpaired) electrons. The topological polar surface area (TPSA) is 246 Å². The van der Waals surface area contributed by atoms with Crippen LogP contribution in [0.15, 0.2) is 48.6 Å². The number of rotatable bonds is 8. The summed E-state index contributed by atoms with van der Waals surface area (Å²) in [4.78, 5) is 66.5. The zero-order valence-corrected chi connectivity index (χ0v) is 37.2. The van der Waals surface area contributed by atoms with Gasteiger partial charge in [-0.25, -0.2) is 4.79 Å². The van der Waals surface area contributed by atoms with Gasteiger partial charge in [0.1, 0.15) is 11.2 Å². The van der Waals surface area contributed by atoms with E-state index in [-0.39, 0.29) is 42.7 Å². The Morgan fingerprint density at radius 3 is 2.42 bits per heavy atom. The largest absolute Gasteiger partial charge is 0.496 e. The molecule has 5 N–H and O–H groups in total. The quantitative estimate of drug-likeness (QED) is 0.0717. The number of ether oxygens (including phenoxy) is 4. The summed E-state index contributed by atoms with van der Waals surface area (Å²) in [5.41, 5.74) is -6.33. The molecule has 5 aliphatic heterocycles. The molecule has 2 aromatic carbocycles. The number of fused-ring (bicyclic) bond motifs is 6. The highest BCUT2D eigenvalue weighted by molar-refractivity contribution is 7.79. The molecular formula is C46H58N4O14S. The van der Waals surface area contributed by atoms with Gasteiger partial charge < -0.3 is 39.0 Å². The Hall–Kier alpha value is -4.89. The maximum absolute atomic E-state index is 15.6. The number of aromatic amines is 1. The fourth-order valence-corrected chi connectivity index (χ4v) is 13.2. The van der Waals surface area contributed by atoms with E-state index in [1.54, 1.807) is 19.1 Å². The fourth-order valence-electron chi connectivity index (χ4n) is 13.2. The Labute approximate surface area is 385 Å². The van der Waals surface area contributed by atoms with Gasteiger partial charge in [0, 0.05) is 82.2 Å². The van der Waals surface area contributed by atoms with Gasteiger partial charge in [-0.3, -0.25) is 33.3 Å². The minimum absolute atomic E-state index is 0.0487. The molecule has 1 aliphatic carbocycles. The normalized spacial score (nSPS) is 36.3. The third kappa shape index (κ3) is 6.90. The molecule has 9 rings (SSSR count). The number of H-pyrrole nitrogens is 1. The maximum atomic E-state index is 15.6. The van der Waals surface area contributed by atoms with Gasteiger partial charge in [-0.2, -0.15) is 8.42 Å². The average molecular weight is 929 g/mol. The smallest absolute Gasteiger partial charge is 0.394 e. The molecular weight excluding hydrogens is 865 g/mol. The van der Waals surface area contributed by atoms with Crippen molar-refractivity contribution in [1.82, 2.24) is 14.8 Å². The van der Waals surface area contributed by atoms with Crippen molar-refractivity contribution in [2.75, 3.05) is 58.9 Å². The number of hydrogen-bond donors (Lipinski definition) is 5. The maximum Gasteiger partial charge on any atom is 0.394 e. The van der Waals surface area contributed by atoms with Gasteiger partial charge in [0.15, 0.2) is 6.10 Å². The minimum atomic E-state index is -4.67. The molecule has 18 nitrogen and oxygen atoms in total. The number of carbonyl (C=O) groups is 4. The number of para-hydroxylation sites is 1. The summed E-state index contributed by atoms with van der Waals surface area (Å²) in [5.74, 6) is -4.39. The van der Waals surface area contributed by atoms with Crippen LogP contribution < -0.4 is 9.64 Å². The van der Waals surface area contributed by atoms with E-state index in [0.717, 1.165) is 18.1 Å². The number of esters is 3. The number of nitrogens with one attached hydrogen (secondary N) is 1. The summed E-state index contributed by atoms with van der Waals surface area (Å²) in [7, 11) is -5.46. The molecule has 10 atom stereocenters. The van der Waals surface area contributed by atoms with E-state index in [0.29, 0.717) is 68.7 Å². The second-order valence-corrected chi connectivity index (χ2v) is 19.1. The van der Waals surface area contributed by atoms with Gasteiger partial charge in [-0.05, 0) is 74.2 Å². The van der Waals surface area contributed by atoms with E-state index in [1.807, 2.05) is 37.3 Å². The highest BCUT2D eigenvalue weighted by Gasteiger charge is 2.81. The van der Waals surface area contributed by atoms with E-state index in [2.05, 4.69) is 14.8 Å². The van der Waals surface area contributed by atoms with Crippen LogP contribution in [-0.2, 0) is 61.0 Å². The molecule has 3 fully saturated rings. The molecule has 352 valence electrons. The molecule has 2 bridgehead atoms. The Morgan fingerprint density at radius 2 is 1.75 bits per heavy atom. The van der Waals surface area contributed by atoms with Crippen molar-refractivity contribution < 1.29 is 74.1 Å². The Kier molecular flexibility index (Phi) is 9.95. The van der Waals surface area contributed by atoms with E-state index in [4.69, 9.17) is 44.7 Å². The molecule has 6 aliphatic rings. The van der Waals surface area contributed by atoms with Gasteiger partial charge in [0.05, 0.1) is 42.7 Å². The molecule has 1 unspecified atom stereocenters. The second-order valence-electron chi connectivity index (χ2n) is 18.2. The van der Waals surface area contributed by atoms with Crippen LogP contribution in [0.5, 0.6) is 5.75 Å². The summed E-state index contributed by atoms with van der Waals surface area (Å²) < 4.78 is 103. The van der Waals surface area contributed by atoms with Crippen LogP contribution >= 0.6 is 0 Å². The number of nitrogens with zero attached hydrogens (tertiary/aromatic N) is 3. The van der Waals surface area contributed by atoms with Crippen molar-refractivity contribution in [3.63, 3.8) is 0 Å². The molecule has 65 heavy (non-hydrogen) atoms. The van der Waals surface area contributed by atoms with Crippen LogP contribution in [0.3, 0.4) is 0 Å². The van der Waals surface area contributed by atoms with Crippen molar-refractivity contribution in [2.45, 2.75) is 99.4 Å². The number of hydrogen-bond acceptors (Lipinski definition) is 14. The first-order valence-corrected chi connectivity index (χ1v) is 22.9. The van der Waals surface area contributed by atoms with Crippen LogP contribution in [0, 0.1) is 11.3 Å². The number of piperidine rings is 1. The third-order valence-corrected chi connectivity index (χ3v) is 15.3. The fraction of sp³-hybridized carbons (Fsp3) is 0.565. The number of methoxy groups -OCH3 is 3. The van der Waals surface area contributed by atoms with Crippen LogP contribution in [0.4, 0.5) is 5.69 Å². The lowest BCUT2D eigenvalue weighted by Crippen LogP contribution is -2.81. The van der Waals surface area contributed by atoms with Crippen LogP contribution in [-0.4, -0.2) is 150 Å². The van der Waals surface area contributed by atoms with E-state index in [1.165, 1.54) is 18.1 Å². The number of aromatic nitrogens is 1. The van der Waals surface area contributed by atoms with Crippen LogP contribution in [0.1, 0.15) is 83.4 Å². The lowest BCUT2D eigenvalue weighted by molar-refractivity contribution is -0.228. The Morgan fingerprint density at radius 1 is 1.00 bits per heavy atom. The molecule has 3 aromatic rings. The molecule has 1 spiro atoms. The van der Waals surface area contributed by atoms with Crippen molar-refractivity contribution in [1.29, 1.82) is 0 Å². The number of aliphatic hydroxyl groups is 2. The summed E-state index contributed by atoms with van der Waals surface area (Å²) in [5, 5.41) is 26.2. The highest BCUT2D eigenvalue weighted by atomic mass is 32.3. The highest BCUT2D eigenvalue weighted by Crippen LogP contribution is 2.68. The Balaban J connectivity index is 0.00000129. The van der Waals surface area contributed by atoms with Crippen LogP contribution in [0.2, 0.25) is 0 Å². The Bertz CT molecular complexity index is 2780. The van der Waals surface area contributed by atoms with Crippen LogP contribution in [0.25, 0.3) is 10.9 Å².